The normalized spacial score (nSPS) is 12.2. The van der Waals surface area contributed by atoms with Gasteiger partial charge in [0.05, 0.1) is 7.11 Å². The van der Waals surface area contributed by atoms with Crippen LogP contribution < -0.4 is 10.8 Å². The van der Waals surface area contributed by atoms with Gasteiger partial charge in [-0.15, -0.1) is 0 Å². The van der Waals surface area contributed by atoms with Gasteiger partial charge >= 0.3 is 6.03 Å². The van der Waals surface area contributed by atoms with Gasteiger partial charge in [-0.25, -0.2) is 10.3 Å². The number of carbonyl (C=O) groups excluding carboxylic acids is 1. The summed E-state index contributed by atoms with van der Waals surface area (Å²) in [5.41, 5.74) is 2.23. The first-order valence-corrected chi connectivity index (χ1v) is 5.30. The predicted molar refractivity (Wildman–Crippen MR) is 56.9 cm³/mol. The van der Waals surface area contributed by atoms with Gasteiger partial charge in [0.15, 0.2) is 0 Å². The van der Waals surface area contributed by atoms with E-state index >= 15 is 0 Å². The zero-order valence-electron chi connectivity index (χ0n) is 9.43. The van der Waals surface area contributed by atoms with Gasteiger partial charge in [0.1, 0.15) is 0 Å². The van der Waals surface area contributed by atoms with Gasteiger partial charge in [-0.05, 0) is 13.3 Å². The summed E-state index contributed by atoms with van der Waals surface area (Å²) in [6.07, 6.45) is 5.96. The van der Waals surface area contributed by atoms with Crippen LogP contribution in [0.3, 0.4) is 0 Å². The van der Waals surface area contributed by atoms with E-state index < -0.39 is 0 Å². The number of urea groups is 1. The third-order valence-corrected chi connectivity index (χ3v) is 2.06. The summed E-state index contributed by atoms with van der Waals surface area (Å²) < 4.78 is 0. The summed E-state index contributed by atoms with van der Waals surface area (Å²) in [6.45, 7) is 4.19. The standard InChI is InChI=1S/C10H22N2O2/c1-4-5-6-7-8-9(2)11-10(13)12-14-3/h9H,4-8H2,1-3H3,(H2,11,12,13). The number of hydrogen-bond acceptors (Lipinski definition) is 2. The summed E-state index contributed by atoms with van der Waals surface area (Å²) in [5.74, 6) is 0. The van der Waals surface area contributed by atoms with E-state index in [0.717, 1.165) is 6.42 Å². The molecule has 0 aliphatic heterocycles. The van der Waals surface area contributed by atoms with Crippen LogP contribution in [0.25, 0.3) is 0 Å². The molecule has 0 aromatic rings. The molecule has 14 heavy (non-hydrogen) atoms. The van der Waals surface area contributed by atoms with Gasteiger partial charge in [0, 0.05) is 6.04 Å². The van der Waals surface area contributed by atoms with Crippen LogP contribution in [0.2, 0.25) is 0 Å². The van der Waals surface area contributed by atoms with Gasteiger partial charge in [0.25, 0.3) is 0 Å². The highest BCUT2D eigenvalue weighted by Gasteiger charge is 2.05. The molecule has 0 aliphatic carbocycles. The lowest BCUT2D eigenvalue weighted by molar-refractivity contribution is 0.106. The second kappa shape index (κ2) is 8.81. The van der Waals surface area contributed by atoms with Gasteiger partial charge < -0.3 is 5.32 Å². The Hall–Kier alpha value is -0.770. The van der Waals surface area contributed by atoms with Gasteiger partial charge in [0.2, 0.25) is 0 Å². The van der Waals surface area contributed by atoms with Crippen molar-refractivity contribution in [1.82, 2.24) is 10.8 Å². The third kappa shape index (κ3) is 7.86. The maximum Gasteiger partial charge on any atom is 0.338 e. The Bertz CT molecular complexity index is 151. The minimum absolute atomic E-state index is 0.210. The maximum absolute atomic E-state index is 11.0. The molecule has 4 heteroatoms. The van der Waals surface area contributed by atoms with Crippen LogP contribution in [0, 0.1) is 0 Å². The molecule has 0 aromatic heterocycles. The average Bonchev–Trinajstić information content (AvgIpc) is 2.13. The number of hydrogen-bond donors (Lipinski definition) is 2. The lowest BCUT2D eigenvalue weighted by Gasteiger charge is -2.13. The lowest BCUT2D eigenvalue weighted by Crippen LogP contribution is -2.40. The molecule has 2 N–H and O–H groups in total. The molecule has 0 saturated carbocycles. The number of amides is 2. The van der Waals surface area contributed by atoms with Crippen LogP contribution in [0.4, 0.5) is 4.79 Å². The van der Waals surface area contributed by atoms with Crippen LogP contribution >= 0.6 is 0 Å². The average molecular weight is 202 g/mol. The summed E-state index contributed by atoms with van der Waals surface area (Å²) in [5, 5.41) is 2.78. The Kier molecular flexibility index (Phi) is 8.33. The number of carbonyl (C=O) groups is 1. The number of nitrogens with one attached hydrogen (secondary N) is 2. The highest BCUT2D eigenvalue weighted by atomic mass is 16.6. The number of rotatable bonds is 7. The molecule has 0 saturated heterocycles. The van der Waals surface area contributed by atoms with Crippen molar-refractivity contribution in [3.8, 4) is 0 Å². The topological polar surface area (TPSA) is 50.4 Å². The SMILES string of the molecule is CCCCCCC(C)NC(=O)NOC. The highest BCUT2D eigenvalue weighted by molar-refractivity contribution is 5.72. The van der Waals surface area contributed by atoms with Crippen LogP contribution in [0.5, 0.6) is 0 Å². The minimum Gasteiger partial charge on any atom is -0.334 e. The van der Waals surface area contributed by atoms with E-state index in [2.05, 4.69) is 22.6 Å². The largest absolute Gasteiger partial charge is 0.338 e. The van der Waals surface area contributed by atoms with Crippen molar-refractivity contribution in [2.75, 3.05) is 7.11 Å². The van der Waals surface area contributed by atoms with Crippen LogP contribution in [-0.4, -0.2) is 19.2 Å². The van der Waals surface area contributed by atoms with E-state index in [1.165, 1.54) is 32.8 Å². The molecule has 1 atom stereocenters. The molecular weight excluding hydrogens is 180 g/mol. The predicted octanol–water partition coefficient (Wildman–Crippen LogP) is 2.21. The minimum atomic E-state index is -0.268. The van der Waals surface area contributed by atoms with Crippen molar-refractivity contribution in [3.05, 3.63) is 0 Å². The summed E-state index contributed by atoms with van der Waals surface area (Å²) in [6, 6.07) is -0.0579. The lowest BCUT2D eigenvalue weighted by atomic mass is 10.1. The molecule has 0 rings (SSSR count). The Labute approximate surface area is 86.4 Å². The fraction of sp³-hybridized carbons (Fsp3) is 0.900. The van der Waals surface area contributed by atoms with E-state index in [9.17, 15) is 4.79 Å². The maximum atomic E-state index is 11.0. The van der Waals surface area contributed by atoms with Crippen molar-refractivity contribution in [3.63, 3.8) is 0 Å². The van der Waals surface area contributed by atoms with Gasteiger partial charge in [-0.1, -0.05) is 32.6 Å². The fourth-order valence-corrected chi connectivity index (χ4v) is 1.30. The summed E-state index contributed by atoms with van der Waals surface area (Å²) >= 11 is 0. The zero-order chi connectivity index (χ0) is 10.8. The van der Waals surface area contributed by atoms with E-state index in [-0.39, 0.29) is 12.1 Å². The highest BCUT2D eigenvalue weighted by Crippen LogP contribution is 2.04. The van der Waals surface area contributed by atoms with Gasteiger partial charge in [-0.2, -0.15) is 0 Å². The second-order valence-electron chi connectivity index (χ2n) is 3.53. The van der Waals surface area contributed by atoms with Crippen molar-refractivity contribution in [2.24, 2.45) is 0 Å². The summed E-state index contributed by atoms with van der Waals surface area (Å²) in [7, 11) is 1.42. The molecule has 2 amide bonds. The van der Waals surface area contributed by atoms with Crippen LogP contribution in [-0.2, 0) is 4.84 Å². The fourth-order valence-electron chi connectivity index (χ4n) is 1.30. The monoisotopic (exact) mass is 202 g/mol. The van der Waals surface area contributed by atoms with Crippen molar-refractivity contribution in [1.29, 1.82) is 0 Å². The van der Waals surface area contributed by atoms with Crippen molar-refractivity contribution < 1.29 is 9.63 Å². The Morgan fingerprint density at radius 1 is 1.36 bits per heavy atom. The molecular formula is C10H22N2O2. The molecule has 0 fully saturated rings. The second-order valence-corrected chi connectivity index (χ2v) is 3.53. The first-order valence-electron chi connectivity index (χ1n) is 5.30. The number of hydroxylamine groups is 1. The first kappa shape index (κ1) is 13.2. The molecule has 1 unspecified atom stereocenters. The van der Waals surface area contributed by atoms with E-state index in [0.29, 0.717) is 0 Å². The Morgan fingerprint density at radius 2 is 2.07 bits per heavy atom. The molecule has 4 nitrogen and oxygen atoms in total. The van der Waals surface area contributed by atoms with Crippen molar-refractivity contribution in [2.45, 2.75) is 52.0 Å². The number of unbranched alkanes of at least 4 members (excludes halogenated alkanes) is 3. The Balaban J connectivity index is 3.35. The van der Waals surface area contributed by atoms with Crippen LogP contribution in [0.15, 0.2) is 0 Å². The molecule has 0 aliphatic rings. The molecule has 0 radical (unpaired) electrons. The molecule has 0 spiro atoms. The molecule has 0 aromatic carbocycles. The quantitative estimate of drug-likeness (QED) is 0.491. The Morgan fingerprint density at radius 3 is 2.64 bits per heavy atom. The zero-order valence-corrected chi connectivity index (χ0v) is 9.43. The molecule has 0 heterocycles. The van der Waals surface area contributed by atoms with E-state index in [1.807, 2.05) is 6.92 Å². The first-order chi connectivity index (χ1) is 6.70. The smallest absolute Gasteiger partial charge is 0.334 e. The van der Waals surface area contributed by atoms with Crippen LogP contribution in [0.1, 0.15) is 46.0 Å². The third-order valence-electron chi connectivity index (χ3n) is 2.06. The van der Waals surface area contributed by atoms with E-state index in [4.69, 9.17) is 0 Å². The summed E-state index contributed by atoms with van der Waals surface area (Å²) in [4.78, 5) is 15.5. The molecule has 84 valence electrons. The molecule has 0 bridgehead atoms. The van der Waals surface area contributed by atoms with Gasteiger partial charge in [-0.3, -0.25) is 4.84 Å². The van der Waals surface area contributed by atoms with Crippen molar-refractivity contribution >= 4 is 6.03 Å². The van der Waals surface area contributed by atoms with E-state index in [1.54, 1.807) is 0 Å².